The molecule has 0 saturated carbocycles. The summed E-state index contributed by atoms with van der Waals surface area (Å²) in [6, 6.07) is 0. The van der Waals surface area contributed by atoms with Crippen LogP contribution in [-0.2, 0) is 4.74 Å². The highest BCUT2D eigenvalue weighted by molar-refractivity contribution is 5.65. The zero-order valence-electron chi connectivity index (χ0n) is 5.89. The van der Waals surface area contributed by atoms with Crippen molar-refractivity contribution in [2.24, 2.45) is 0 Å². The number of amides is 1. The Morgan fingerprint density at radius 3 is 2.90 bits per heavy atom. The quantitative estimate of drug-likeness (QED) is 0.562. The Kier molecular flexibility index (Phi) is 1.80. The summed E-state index contributed by atoms with van der Waals surface area (Å²) in [5.74, 6) is 0. The molecule has 1 rings (SSSR count). The van der Waals surface area contributed by atoms with E-state index in [0.29, 0.717) is 13.2 Å². The summed E-state index contributed by atoms with van der Waals surface area (Å²) in [4.78, 5) is 10.2. The van der Waals surface area contributed by atoms with E-state index in [-0.39, 0.29) is 5.54 Å². The molecule has 0 unspecified atom stereocenters. The van der Waals surface area contributed by atoms with Crippen molar-refractivity contribution in [1.29, 1.82) is 0 Å². The van der Waals surface area contributed by atoms with Crippen molar-refractivity contribution in [3.05, 3.63) is 0 Å². The van der Waals surface area contributed by atoms with E-state index in [2.05, 4.69) is 5.32 Å². The van der Waals surface area contributed by atoms with Crippen molar-refractivity contribution < 1.29 is 14.6 Å². The number of carbonyl (C=O) groups is 1. The van der Waals surface area contributed by atoms with Crippen LogP contribution in [0, 0.1) is 0 Å². The summed E-state index contributed by atoms with van der Waals surface area (Å²) >= 11 is 0. The summed E-state index contributed by atoms with van der Waals surface area (Å²) in [6.45, 7) is 2.98. The van der Waals surface area contributed by atoms with Crippen LogP contribution in [0.25, 0.3) is 0 Å². The molecule has 0 bridgehead atoms. The normalized spacial score (nSPS) is 32.1. The number of nitrogens with one attached hydrogen (secondary N) is 1. The highest BCUT2D eigenvalue weighted by Gasteiger charge is 2.30. The molecule has 1 aliphatic rings. The van der Waals surface area contributed by atoms with Crippen LogP contribution in [0.15, 0.2) is 0 Å². The SMILES string of the molecule is C[C@@]1(NC(=O)O)CCOC1. The molecule has 1 aliphatic heterocycles. The van der Waals surface area contributed by atoms with Gasteiger partial charge in [-0.2, -0.15) is 0 Å². The third-order valence-electron chi connectivity index (χ3n) is 1.63. The predicted molar refractivity (Wildman–Crippen MR) is 35.0 cm³/mol. The van der Waals surface area contributed by atoms with E-state index in [1.807, 2.05) is 6.92 Å². The van der Waals surface area contributed by atoms with Gasteiger partial charge in [0.1, 0.15) is 0 Å². The Hall–Kier alpha value is -0.770. The van der Waals surface area contributed by atoms with Crippen molar-refractivity contribution in [2.45, 2.75) is 18.9 Å². The van der Waals surface area contributed by atoms with E-state index in [1.54, 1.807) is 0 Å². The molecule has 4 nitrogen and oxygen atoms in total. The first-order valence-corrected chi connectivity index (χ1v) is 3.21. The lowest BCUT2D eigenvalue weighted by Gasteiger charge is -2.20. The van der Waals surface area contributed by atoms with Crippen molar-refractivity contribution in [1.82, 2.24) is 5.32 Å². The summed E-state index contributed by atoms with van der Waals surface area (Å²) in [5, 5.41) is 10.8. The minimum atomic E-state index is -0.979. The molecule has 2 N–H and O–H groups in total. The molecule has 0 aromatic heterocycles. The van der Waals surface area contributed by atoms with E-state index < -0.39 is 6.09 Å². The number of rotatable bonds is 1. The van der Waals surface area contributed by atoms with Crippen LogP contribution in [0.1, 0.15) is 13.3 Å². The maximum Gasteiger partial charge on any atom is 0.405 e. The fraction of sp³-hybridized carbons (Fsp3) is 0.833. The van der Waals surface area contributed by atoms with Gasteiger partial charge in [-0.05, 0) is 13.3 Å². The summed E-state index contributed by atoms with van der Waals surface area (Å²) in [7, 11) is 0. The molecule has 1 heterocycles. The van der Waals surface area contributed by atoms with Crippen LogP contribution in [0.5, 0.6) is 0 Å². The largest absolute Gasteiger partial charge is 0.465 e. The van der Waals surface area contributed by atoms with Gasteiger partial charge in [0, 0.05) is 6.61 Å². The van der Waals surface area contributed by atoms with E-state index in [1.165, 1.54) is 0 Å². The standard InChI is InChI=1S/C6H11NO3/c1-6(7-5(8)9)2-3-10-4-6/h7H,2-4H2,1H3,(H,8,9)/t6-/m1/s1. The van der Waals surface area contributed by atoms with E-state index in [9.17, 15) is 4.79 Å². The summed E-state index contributed by atoms with van der Waals surface area (Å²) in [5.41, 5.74) is -0.355. The maximum absolute atomic E-state index is 10.2. The monoisotopic (exact) mass is 145 g/mol. The van der Waals surface area contributed by atoms with Crippen molar-refractivity contribution in [2.75, 3.05) is 13.2 Å². The van der Waals surface area contributed by atoms with Crippen LogP contribution in [0.2, 0.25) is 0 Å². The minimum absolute atomic E-state index is 0.355. The van der Waals surface area contributed by atoms with Crippen molar-refractivity contribution >= 4 is 6.09 Å². The molecule has 0 radical (unpaired) electrons. The first kappa shape index (κ1) is 7.34. The second-order valence-electron chi connectivity index (χ2n) is 2.79. The third-order valence-corrected chi connectivity index (χ3v) is 1.63. The number of hydrogen-bond acceptors (Lipinski definition) is 2. The molecule has 0 aromatic rings. The molecule has 1 amide bonds. The molecule has 1 fully saturated rings. The minimum Gasteiger partial charge on any atom is -0.465 e. The predicted octanol–water partition coefficient (Wildman–Crippen LogP) is 0.433. The summed E-state index contributed by atoms with van der Waals surface area (Å²) in [6.07, 6.45) is -0.216. The molecule has 4 heteroatoms. The molecule has 1 atom stereocenters. The maximum atomic E-state index is 10.2. The fourth-order valence-electron chi connectivity index (χ4n) is 1.02. The Labute approximate surface area is 59.2 Å². The van der Waals surface area contributed by atoms with Crippen LogP contribution >= 0.6 is 0 Å². The van der Waals surface area contributed by atoms with Gasteiger partial charge in [-0.1, -0.05) is 0 Å². The van der Waals surface area contributed by atoms with E-state index in [0.717, 1.165) is 6.42 Å². The molecule has 0 spiro atoms. The molecule has 0 aliphatic carbocycles. The molecule has 1 saturated heterocycles. The van der Waals surface area contributed by atoms with Gasteiger partial charge in [0.2, 0.25) is 0 Å². The molecular formula is C6H11NO3. The molecule has 58 valence electrons. The van der Waals surface area contributed by atoms with Gasteiger partial charge < -0.3 is 15.2 Å². The Morgan fingerprint density at radius 2 is 2.50 bits per heavy atom. The molecule has 10 heavy (non-hydrogen) atoms. The number of hydrogen-bond donors (Lipinski definition) is 2. The topological polar surface area (TPSA) is 58.6 Å². The van der Waals surface area contributed by atoms with Crippen LogP contribution < -0.4 is 5.32 Å². The van der Waals surface area contributed by atoms with Gasteiger partial charge in [-0.25, -0.2) is 4.79 Å². The first-order valence-electron chi connectivity index (χ1n) is 3.21. The molecular weight excluding hydrogens is 134 g/mol. The fourth-order valence-corrected chi connectivity index (χ4v) is 1.02. The Morgan fingerprint density at radius 1 is 1.80 bits per heavy atom. The van der Waals surface area contributed by atoms with Crippen LogP contribution in [-0.4, -0.2) is 30.0 Å². The van der Waals surface area contributed by atoms with Gasteiger partial charge in [-0.15, -0.1) is 0 Å². The molecule has 0 aromatic carbocycles. The van der Waals surface area contributed by atoms with Crippen molar-refractivity contribution in [3.63, 3.8) is 0 Å². The van der Waals surface area contributed by atoms with Crippen LogP contribution in [0.4, 0.5) is 4.79 Å². The summed E-state index contributed by atoms with van der Waals surface area (Å²) < 4.78 is 5.04. The lowest BCUT2D eigenvalue weighted by molar-refractivity contribution is 0.156. The van der Waals surface area contributed by atoms with Gasteiger partial charge in [-0.3, -0.25) is 0 Å². The van der Waals surface area contributed by atoms with Gasteiger partial charge in [0.15, 0.2) is 0 Å². The van der Waals surface area contributed by atoms with E-state index in [4.69, 9.17) is 9.84 Å². The average Bonchev–Trinajstić information content (AvgIpc) is 2.12. The van der Waals surface area contributed by atoms with Crippen molar-refractivity contribution in [3.8, 4) is 0 Å². The first-order chi connectivity index (χ1) is 4.62. The second kappa shape index (κ2) is 2.46. The Bertz CT molecular complexity index is 140. The number of carboxylic acid groups (broad SMARTS) is 1. The van der Waals surface area contributed by atoms with Gasteiger partial charge >= 0.3 is 6.09 Å². The number of ether oxygens (including phenoxy) is 1. The zero-order chi connectivity index (χ0) is 7.61. The highest BCUT2D eigenvalue weighted by Crippen LogP contribution is 2.16. The zero-order valence-corrected chi connectivity index (χ0v) is 5.89. The third kappa shape index (κ3) is 1.60. The lowest BCUT2D eigenvalue weighted by Crippen LogP contribution is -2.45. The van der Waals surface area contributed by atoms with Gasteiger partial charge in [0.05, 0.1) is 12.1 Å². The highest BCUT2D eigenvalue weighted by atomic mass is 16.5. The average molecular weight is 145 g/mol. The smallest absolute Gasteiger partial charge is 0.405 e. The lowest BCUT2D eigenvalue weighted by atomic mass is 10.0. The second-order valence-corrected chi connectivity index (χ2v) is 2.79. The van der Waals surface area contributed by atoms with Crippen LogP contribution in [0.3, 0.4) is 0 Å². The Balaban J connectivity index is 2.43. The van der Waals surface area contributed by atoms with Gasteiger partial charge in [0.25, 0.3) is 0 Å². The van der Waals surface area contributed by atoms with E-state index >= 15 is 0 Å².